The molecule has 0 spiro atoms. The number of aryl methyl sites for hydroxylation is 1. The number of nitrogens with zero attached hydrogens (tertiary/aromatic N) is 3. The molecule has 0 atom stereocenters. The Morgan fingerprint density at radius 1 is 1.24 bits per heavy atom. The molecule has 152 valence electrons. The van der Waals surface area contributed by atoms with E-state index in [1.165, 1.54) is 17.0 Å². The zero-order valence-electron chi connectivity index (χ0n) is 16.0. The lowest BCUT2D eigenvalue weighted by molar-refractivity contribution is 0.551. The monoisotopic (exact) mass is 414 g/mol. The van der Waals surface area contributed by atoms with Crippen LogP contribution in [0.4, 0.5) is 0 Å². The highest BCUT2D eigenvalue weighted by molar-refractivity contribution is 7.92. The Kier molecular flexibility index (Phi) is 5.25. The molecule has 0 aliphatic heterocycles. The topological polar surface area (TPSA) is 99.1 Å². The van der Waals surface area contributed by atoms with Crippen LogP contribution in [0.1, 0.15) is 30.0 Å². The molecular formula is C20H22N4O4S. The Bertz CT molecular complexity index is 1170. The first-order valence-corrected chi connectivity index (χ1v) is 11.0. The maximum absolute atomic E-state index is 12.7. The Labute approximate surface area is 168 Å². The zero-order chi connectivity index (χ0) is 20.4. The first-order chi connectivity index (χ1) is 13.9. The van der Waals surface area contributed by atoms with E-state index >= 15 is 0 Å². The van der Waals surface area contributed by atoms with Gasteiger partial charge in [0.1, 0.15) is 0 Å². The third kappa shape index (κ3) is 4.57. The Hall–Kier alpha value is -2.91. The van der Waals surface area contributed by atoms with Gasteiger partial charge in [-0.3, -0.25) is 4.57 Å². The van der Waals surface area contributed by atoms with Crippen LogP contribution in [0.3, 0.4) is 0 Å². The second-order valence-electron chi connectivity index (χ2n) is 7.06. The number of nitrogens with one attached hydrogen (secondary N) is 1. The number of furan rings is 1. The molecule has 0 radical (unpaired) electrons. The summed E-state index contributed by atoms with van der Waals surface area (Å²) >= 11 is 0. The van der Waals surface area contributed by atoms with Crippen LogP contribution in [0.2, 0.25) is 0 Å². The average Bonchev–Trinajstić information content (AvgIpc) is 3.26. The van der Waals surface area contributed by atoms with Crippen LogP contribution < -0.4 is 10.4 Å². The fourth-order valence-electron chi connectivity index (χ4n) is 2.99. The van der Waals surface area contributed by atoms with Gasteiger partial charge in [-0.1, -0.05) is 29.8 Å². The molecule has 29 heavy (non-hydrogen) atoms. The molecule has 0 bridgehead atoms. The first kappa shape index (κ1) is 19.4. The van der Waals surface area contributed by atoms with Gasteiger partial charge in [-0.15, -0.1) is 5.10 Å². The highest BCUT2D eigenvalue weighted by Crippen LogP contribution is 2.36. The molecule has 0 amide bonds. The van der Waals surface area contributed by atoms with Gasteiger partial charge < -0.3 is 4.42 Å². The van der Waals surface area contributed by atoms with Gasteiger partial charge in [-0.25, -0.2) is 22.6 Å². The van der Waals surface area contributed by atoms with E-state index in [1.54, 1.807) is 16.7 Å². The summed E-state index contributed by atoms with van der Waals surface area (Å²) in [5, 5.41) is 5.48. The summed E-state index contributed by atoms with van der Waals surface area (Å²) in [6.07, 6.45) is 4.92. The van der Waals surface area contributed by atoms with Gasteiger partial charge in [0.2, 0.25) is 15.8 Å². The van der Waals surface area contributed by atoms with E-state index in [0.29, 0.717) is 11.6 Å². The molecule has 1 aromatic carbocycles. The fraction of sp³-hybridized carbons (Fsp3) is 0.300. The molecule has 1 aliphatic rings. The maximum atomic E-state index is 12.7. The second kappa shape index (κ2) is 7.84. The van der Waals surface area contributed by atoms with E-state index in [1.807, 2.05) is 31.2 Å². The summed E-state index contributed by atoms with van der Waals surface area (Å²) in [4.78, 5) is 12.7. The molecule has 1 saturated carbocycles. The number of aromatic nitrogens is 3. The summed E-state index contributed by atoms with van der Waals surface area (Å²) < 4.78 is 35.2. The highest BCUT2D eigenvalue weighted by atomic mass is 32.2. The van der Waals surface area contributed by atoms with Crippen LogP contribution in [0.25, 0.3) is 17.7 Å². The Morgan fingerprint density at radius 2 is 2.00 bits per heavy atom. The van der Waals surface area contributed by atoms with Gasteiger partial charge in [0.05, 0.1) is 12.8 Å². The van der Waals surface area contributed by atoms with E-state index in [-0.39, 0.29) is 24.8 Å². The van der Waals surface area contributed by atoms with Crippen molar-refractivity contribution in [3.63, 3.8) is 0 Å². The van der Waals surface area contributed by atoms with Crippen molar-refractivity contribution in [3.8, 4) is 11.6 Å². The summed E-state index contributed by atoms with van der Waals surface area (Å²) in [6, 6.07) is 11.2. The average molecular weight is 414 g/mol. The second-order valence-corrected chi connectivity index (χ2v) is 8.71. The van der Waals surface area contributed by atoms with Crippen molar-refractivity contribution in [1.82, 2.24) is 19.1 Å². The standard InChI is InChI=1S/C20H22N4O4S/c1-15-4-6-16(7-5-15)10-14-29(26,27)21-11-12-23-20(25)24(17-8-9-17)19(22-23)18-3-2-13-28-18/h2-7,10,13-14,17,21H,8-9,11-12H2,1H3/b14-10+. The van der Waals surface area contributed by atoms with Gasteiger partial charge >= 0.3 is 5.69 Å². The van der Waals surface area contributed by atoms with Crippen LogP contribution in [-0.2, 0) is 16.6 Å². The normalized spacial score (nSPS) is 14.7. The molecule has 1 fully saturated rings. The van der Waals surface area contributed by atoms with E-state index in [2.05, 4.69) is 9.82 Å². The predicted molar refractivity (Wildman–Crippen MR) is 110 cm³/mol. The molecule has 0 unspecified atom stereocenters. The molecule has 9 heteroatoms. The molecular weight excluding hydrogens is 392 g/mol. The fourth-order valence-corrected chi connectivity index (χ4v) is 3.80. The Balaban J connectivity index is 1.43. The van der Waals surface area contributed by atoms with E-state index in [9.17, 15) is 13.2 Å². The number of hydrogen-bond donors (Lipinski definition) is 1. The molecule has 1 aliphatic carbocycles. The summed E-state index contributed by atoms with van der Waals surface area (Å²) in [5.74, 6) is 0.999. The van der Waals surface area contributed by atoms with E-state index < -0.39 is 10.0 Å². The molecule has 1 N–H and O–H groups in total. The minimum Gasteiger partial charge on any atom is -0.461 e. The number of hydrogen-bond acceptors (Lipinski definition) is 5. The van der Waals surface area contributed by atoms with Gasteiger partial charge in [0.15, 0.2) is 5.76 Å². The number of benzene rings is 1. The Morgan fingerprint density at radius 3 is 2.66 bits per heavy atom. The predicted octanol–water partition coefficient (Wildman–Crippen LogP) is 2.54. The lowest BCUT2D eigenvalue weighted by Crippen LogP contribution is -2.31. The minimum atomic E-state index is -3.62. The van der Waals surface area contributed by atoms with Crippen molar-refractivity contribution in [2.75, 3.05) is 6.54 Å². The SMILES string of the molecule is Cc1ccc(/C=C/S(=O)(=O)NCCn2nc(-c3ccco3)n(C3CC3)c2=O)cc1. The van der Waals surface area contributed by atoms with Crippen molar-refractivity contribution in [2.45, 2.75) is 32.4 Å². The van der Waals surface area contributed by atoms with E-state index in [4.69, 9.17) is 4.42 Å². The molecule has 0 saturated heterocycles. The minimum absolute atomic E-state index is 0.0553. The third-order valence-corrected chi connectivity index (χ3v) is 5.77. The largest absolute Gasteiger partial charge is 0.461 e. The highest BCUT2D eigenvalue weighted by Gasteiger charge is 2.31. The number of sulfonamides is 1. The van der Waals surface area contributed by atoms with Crippen LogP contribution in [0.15, 0.2) is 57.3 Å². The molecule has 4 rings (SSSR count). The summed E-state index contributed by atoms with van der Waals surface area (Å²) in [7, 11) is -3.62. The lowest BCUT2D eigenvalue weighted by atomic mass is 10.2. The van der Waals surface area contributed by atoms with Crippen molar-refractivity contribution in [2.24, 2.45) is 0 Å². The van der Waals surface area contributed by atoms with Gasteiger partial charge in [0, 0.05) is 18.0 Å². The first-order valence-electron chi connectivity index (χ1n) is 9.40. The summed E-state index contributed by atoms with van der Waals surface area (Å²) in [5.41, 5.74) is 1.64. The molecule has 8 nitrogen and oxygen atoms in total. The van der Waals surface area contributed by atoms with Crippen molar-refractivity contribution >= 4 is 16.1 Å². The van der Waals surface area contributed by atoms with Gasteiger partial charge in [0.25, 0.3) is 0 Å². The van der Waals surface area contributed by atoms with Crippen LogP contribution in [0, 0.1) is 6.92 Å². The zero-order valence-corrected chi connectivity index (χ0v) is 16.8. The van der Waals surface area contributed by atoms with E-state index in [0.717, 1.165) is 29.4 Å². The van der Waals surface area contributed by atoms with Crippen LogP contribution in [-0.4, -0.2) is 29.3 Å². The quantitative estimate of drug-likeness (QED) is 0.611. The molecule has 3 aromatic rings. The van der Waals surface area contributed by atoms with Gasteiger partial charge in [-0.2, -0.15) is 0 Å². The number of rotatable bonds is 8. The van der Waals surface area contributed by atoms with Crippen molar-refractivity contribution < 1.29 is 12.8 Å². The summed E-state index contributed by atoms with van der Waals surface area (Å²) in [6.45, 7) is 2.15. The van der Waals surface area contributed by atoms with Gasteiger partial charge in [-0.05, 0) is 43.5 Å². The van der Waals surface area contributed by atoms with Crippen LogP contribution >= 0.6 is 0 Å². The van der Waals surface area contributed by atoms with Crippen LogP contribution in [0.5, 0.6) is 0 Å². The lowest BCUT2D eigenvalue weighted by Gasteiger charge is -2.02. The maximum Gasteiger partial charge on any atom is 0.346 e. The third-order valence-electron chi connectivity index (χ3n) is 4.67. The smallest absolute Gasteiger partial charge is 0.346 e. The molecule has 2 aromatic heterocycles. The molecule has 2 heterocycles. The van der Waals surface area contributed by atoms with Crippen molar-refractivity contribution in [1.29, 1.82) is 0 Å². The van der Waals surface area contributed by atoms with Crippen molar-refractivity contribution in [3.05, 3.63) is 69.7 Å².